The zero-order valence-electron chi connectivity index (χ0n) is 16.7. The maximum absolute atomic E-state index is 12.7. The minimum absolute atomic E-state index is 0.269. The Balaban J connectivity index is 1.82. The lowest BCUT2D eigenvalue weighted by atomic mass is 10.1. The zero-order valence-corrected chi connectivity index (χ0v) is 17.6. The molecule has 0 saturated carbocycles. The minimum atomic E-state index is -0.710. The first-order valence-corrected chi connectivity index (χ1v) is 11.0. The number of urea groups is 1. The van der Waals surface area contributed by atoms with Crippen LogP contribution >= 0.6 is 11.8 Å². The van der Waals surface area contributed by atoms with Crippen molar-refractivity contribution in [2.75, 3.05) is 12.0 Å². The van der Waals surface area contributed by atoms with E-state index >= 15 is 0 Å². The molecule has 0 bridgehead atoms. The van der Waals surface area contributed by atoms with Crippen LogP contribution in [-0.2, 0) is 11.3 Å². The van der Waals surface area contributed by atoms with Crippen LogP contribution < -0.4 is 16.4 Å². The van der Waals surface area contributed by atoms with E-state index in [2.05, 4.69) is 10.6 Å². The van der Waals surface area contributed by atoms with E-state index in [9.17, 15) is 9.59 Å². The standard InChI is InChI=1S/C22H25N5O2S/c1-30-13-12-19(25-22(23)29)21(28)24-14-17-15-27(18-10-6-3-7-11-18)26-20(17)16-8-4-2-5-9-16/h2-11,15,19H,12-14H2,1H3,(H,24,28)(H3,23,25,29)/t19-/m1/s1. The van der Waals surface area contributed by atoms with Crippen molar-refractivity contribution in [1.82, 2.24) is 20.4 Å². The van der Waals surface area contributed by atoms with E-state index < -0.39 is 12.1 Å². The number of hydrogen-bond acceptors (Lipinski definition) is 4. The van der Waals surface area contributed by atoms with E-state index in [4.69, 9.17) is 10.8 Å². The molecule has 3 rings (SSSR count). The number of primary amides is 1. The molecule has 4 N–H and O–H groups in total. The number of nitrogens with one attached hydrogen (secondary N) is 2. The molecule has 1 atom stereocenters. The Kier molecular flexibility index (Phi) is 7.51. The van der Waals surface area contributed by atoms with Gasteiger partial charge in [0.1, 0.15) is 6.04 Å². The summed E-state index contributed by atoms with van der Waals surface area (Å²) in [5, 5.41) is 10.2. The van der Waals surface area contributed by atoms with E-state index in [-0.39, 0.29) is 12.5 Å². The summed E-state index contributed by atoms with van der Waals surface area (Å²) < 4.78 is 1.80. The van der Waals surface area contributed by atoms with Gasteiger partial charge in [-0.1, -0.05) is 48.5 Å². The van der Waals surface area contributed by atoms with Crippen molar-refractivity contribution in [3.63, 3.8) is 0 Å². The van der Waals surface area contributed by atoms with Crippen molar-refractivity contribution >= 4 is 23.7 Å². The van der Waals surface area contributed by atoms with E-state index in [0.29, 0.717) is 6.42 Å². The average Bonchev–Trinajstić information content (AvgIpc) is 3.20. The van der Waals surface area contributed by atoms with Crippen LogP contribution in [0.15, 0.2) is 66.9 Å². The van der Waals surface area contributed by atoms with Gasteiger partial charge in [0.05, 0.1) is 11.4 Å². The normalized spacial score (nSPS) is 11.6. The Morgan fingerprint density at radius 1 is 1.10 bits per heavy atom. The van der Waals surface area contributed by atoms with Crippen LogP contribution in [0.25, 0.3) is 16.9 Å². The van der Waals surface area contributed by atoms with Crippen LogP contribution in [0.5, 0.6) is 0 Å². The smallest absolute Gasteiger partial charge is 0.312 e. The lowest BCUT2D eigenvalue weighted by molar-refractivity contribution is -0.123. The third-order valence-electron chi connectivity index (χ3n) is 4.55. The molecule has 2 aromatic carbocycles. The molecule has 0 spiro atoms. The first-order valence-electron chi connectivity index (χ1n) is 9.60. The number of amides is 3. The molecule has 7 nitrogen and oxygen atoms in total. The van der Waals surface area contributed by atoms with Crippen molar-refractivity contribution in [3.05, 3.63) is 72.4 Å². The minimum Gasteiger partial charge on any atom is -0.352 e. The molecule has 156 valence electrons. The molecule has 0 radical (unpaired) electrons. The Hall–Kier alpha value is -3.26. The summed E-state index contributed by atoms with van der Waals surface area (Å²) in [6.45, 7) is 0.284. The molecule has 0 aliphatic rings. The summed E-state index contributed by atoms with van der Waals surface area (Å²) in [5.74, 6) is 0.467. The highest BCUT2D eigenvalue weighted by Crippen LogP contribution is 2.23. The molecule has 3 aromatic rings. The monoisotopic (exact) mass is 423 g/mol. The number of thioether (sulfide) groups is 1. The third-order valence-corrected chi connectivity index (χ3v) is 5.20. The third kappa shape index (κ3) is 5.64. The number of carbonyl (C=O) groups excluding carboxylic acids is 2. The molecule has 8 heteroatoms. The van der Waals surface area contributed by atoms with Gasteiger partial charge < -0.3 is 16.4 Å². The first kappa shape index (κ1) is 21.4. The lowest BCUT2D eigenvalue weighted by Gasteiger charge is -2.16. The van der Waals surface area contributed by atoms with Crippen molar-refractivity contribution in [1.29, 1.82) is 0 Å². The highest BCUT2D eigenvalue weighted by molar-refractivity contribution is 7.98. The molecule has 3 amide bonds. The van der Waals surface area contributed by atoms with Gasteiger partial charge in [-0.2, -0.15) is 16.9 Å². The maximum Gasteiger partial charge on any atom is 0.312 e. The second kappa shape index (κ2) is 10.5. The van der Waals surface area contributed by atoms with Gasteiger partial charge in [-0.05, 0) is 30.6 Å². The van der Waals surface area contributed by atoms with Gasteiger partial charge in [-0.3, -0.25) is 4.79 Å². The number of carbonyl (C=O) groups is 2. The fourth-order valence-electron chi connectivity index (χ4n) is 3.07. The summed E-state index contributed by atoms with van der Waals surface area (Å²) in [4.78, 5) is 23.9. The Morgan fingerprint density at radius 3 is 2.40 bits per heavy atom. The summed E-state index contributed by atoms with van der Waals surface area (Å²) in [6.07, 6.45) is 4.37. The highest BCUT2D eigenvalue weighted by Gasteiger charge is 2.20. The molecule has 1 heterocycles. The van der Waals surface area contributed by atoms with Crippen molar-refractivity contribution < 1.29 is 9.59 Å². The van der Waals surface area contributed by atoms with Gasteiger partial charge in [0.2, 0.25) is 5.91 Å². The molecule has 30 heavy (non-hydrogen) atoms. The van der Waals surface area contributed by atoms with Crippen LogP contribution in [0.3, 0.4) is 0 Å². The SMILES string of the molecule is CSCC[C@@H](NC(N)=O)C(=O)NCc1cn(-c2ccccc2)nc1-c1ccccc1. The molecule has 0 aliphatic heterocycles. The van der Waals surface area contributed by atoms with Crippen LogP contribution in [-0.4, -0.2) is 39.8 Å². The predicted molar refractivity (Wildman–Crippen MR) is 120 cm³/mol. The average molecular weight is 424 g/mol. The molecule has 0 saturated heterocycles. The number of benzene rings is 2. The summed E-state index contributed by atoms with van der Waals surface area (Å²) in [5.41, 5.74) is 8.79. The second-order valence-corrected chi connectivity index (χ2v) is 7.70. The lowest BCUT2D eigenvalue weighted by Crippen LogP contribution is -2.48. The fraction of sp³-hybridized carbons (Fsp3) is 0.227. The number of aromatic nitrogens is 2. The van der Waals surface area contributed by atoms with Crippen LogP contribution in [0.2, 0.25) is 0 Å². The van der Waals surface area contributed by atoms with Gasteiger partial charge in [0.25, 0.3) is 0 Å². The van der Waals surface area contributed by atoms with E-state index in [0.717, 1.165) is 28.3 Å². The van der Waals surface area contributed by atoms with Gasteiger partial charge >= 0.3 is 6.03 Å². The number of nitrogens with zero attached hydrogens (tertiary/aromatic N) is 2. The Bertz CT molecular complexity index is 976. The number of nitrogens with two attached hydrogens (primary N) is 1. The van der Waals surface area contributed by atoms with Gasteiger partial charge in [0, 0.05) is 23.9 Å². The molecule has 0 aliphatic carbocycles. The van der Waals surface area contributed by atoms with E-state index in [1.54, 1.807) is 16.4 Å². The Labute approximate surface area is 180 Å². The van der Waals surface area contributed by atoms with E-state index in [1.807, 2.05) is 73.1 Å². The van der Waals surface area contributed by atoms with Gasteiger partial charge in [0.15, 0.2) is 0 Å². The van der Waals surface area contributed by atoms with Gasteiger partial charge in [-0.25, -0.2) is 9.48 Å². The second-order valence-electron chi connectivity index (χ2n) is 6.71. The van der Waals surface area contributed by atoms with Crippen molar-refractivity contribution in [2.45, 2.75) is 19.0 Å². The molecular formula is C22H25N5O2S. The topological polar surface area (TPSA) is 102 Å². The fourth-order valence-corrected chi connectivity index (χ4v) is 3.54. The molecule has 0 fully saturated rings. The predicted octanol–water partition coefficient (Wildman–Crippen LogP) is 2.95. The van der Waals surface area contributed by atoms with Crippen LogP contribution in [0.1, 0.15) is 12.0 Å². The molecular weight excluding hydrogens is 398 g/mol. The van der Waals surface area contributed by atoms with Gasteiger partial charge in [-0.15, -0.1) is 0 Å². The molecule has 0 unspecified atom stereocenters. The summed E-state index contributed by atoms with van der Waals surface area (Å²) in [7, 11) is 0. The quantitative estimate of drug-likeness (QED) is 0.492. The number of rotatable bonds is 9. The highest BCUT2D eigenvalue weighted by atomic mass is 32.2. The number of hydrogen-bond donors (Lipinski definition) is 3. The van der Waals surface area contributed by atoms with E-state index in [1.165, 1.54) is 0 Å². The zero-order chi connectivity index (χ0) is 21.3. The maximum atomic E-state index is 12.7. The number of para-hydroxylation sites is 1. The summed E-state index contributed by atoms with van der Waals surface area (Å²) >= 11 is 1.60. The largest absolute Gasteiger partial charge is 0.352 e. The molecule has 1 aromatic heterocycles. The van der Waals surface area contributed by atoms with Crippen LogP contribution in [0.4, 0.5) is 4.79 Å². The Morgan fingerprint density at radius 2 is 1.77 bits per heavy atom. The van der Waals surface area contributed by atoms with Crippen LogP contribution in [0, 0.1) is 0 Å². The first-order chi connectivity index (χ1) is 14.6. The van der Waals surface area contributed by atoms with Crippen molar-refractivity contribution in [2.24, 2.45) is 5.73 Å². The summed E-state index contributed by atoms with van der Waals surface area (Å²) in [6, 6.07) is 18.2. The van der Waals surface area contributed by atoms with Crippen molar-refractivity contribution in [3.8, 4) is 16.9 Å².